The van der Waals surface area contributed by atoms with E-state index in [0.29, 0.717) is 6.54 Å². The fraction of sp³-hybridized carbons (Fsp3) is 0.353. The number of carbonyl (C=O) groups excluding carboxylic acids is 1. The molecular formula is C17H18BrN3OS. The van der Waals surface area contributed by atoms with Crippen molar-refractivity contribution in [3.05, 3.63) is 53.0 Å². The molecule has 1 aliphatic heterocycles. The Balaban J connectivity index is 1.79. The summed E-state index contributed by atoms with van der Waals surface area (Å²) in [7, 11) is 0. The molecule has 0 saturated carbocycles. The van der Waals surface area contributed by atoms with Gasteiger partial charge in [-0.15, -0.1) is 11.8 Å². The van der Waals surface area contributed by atoms with Crippen LogP contribution in [0.3, 0.4) is 0 Å². The topological polar surface area (TPSA) is 46.1 Å². The number of hydrogen-bond donors (Lipinski definition) is 0. The number of carbonyl (C=O) groups is 1. The van der Waals surface area contributed by atoms with Gasteiger partial charge in [-0.3, -0.25) is 9.78 Å². The van der Waals surface area contributed by atoms with Crippen LogP contribution in [0.2, 0.25) is 0 Å². The van der Waals surface area contributed by atoms with Crippen LogP contribution in [0.15, 0.2) is 47.3 Å². The lowest BCUT2D eigenvalue weighted by Crippen LogP contribution is -2.38. The van der Waals surface area contributed by atoms with Crippen LogP contribution in [-0.2, 0) is 11.2 Å². The zero-order chi connectivity index (χ0) is 16.1. The van der Waals surface area contributed by atoms with Crippen LogP contribution < -0.4 is 4.90 Å². The number of pyridine rings is 2. The Labute approximate surface area is 148 Å². The number of hydrogen-bond acceptors (Lipinski definition) is 4. The van der Waals surface area contributed by atoms with Crippen molar-refractivity contribution >= 4 is 39.3 Å². The van der Waals surface area contributed by atoms with Crippen molar-refractivity contribution in [2.45, 2.75) is 24.5 Å². The Bertz CT molecular complexity index is 662. The molecule has 1 fully saturated rings. The molecule has 23 heavy (non-hydrogen) atoms. The molecule has 1 amide bonds. The minimum Gasteiger partial charge on any atom is -0.311 e. The van der Waals surface area contributed by atoms with Gasteiger partial charge in [0.25, 0.3) is 0 Å². The highest BCUT2D eigenvalue weighted by atomic mass is 79.9. The molecule has 3 rings (SSSR count). The van der Waals surface area contributed by atoms with Gasteiger partial charge in [-0.1, -0.05) is 6.07 Å². The van der Waals surface area contributed by atoms with Gasteiger partial charge in [0.05, 0.1) is 5.25 Å². The summed E-state index contributed by atoms with van der Waals surface area (Å²) in [6.45, 7) is 0.628. The molecule has 3 heterocycles. The highest BCUT2D eigenvalue weighted by molar-refractivity contribution is 9.10. The summed E-state index contributed by atoms with van der Waals surface area (Å²) in [5.74, 6) is 1.27. The van der Waals surface area contributed by atoms with Crippen LogP contribution in [0.25, 0.3) is 0 Å². The van der Waals surface area contributed by atoms with Crippen LogP contribution in [0.1, 0.15) is 18.5 Å². The maximum atomic E-state index is 12.9. The van der Waals surface area contributed by atoms with Gasteiger partial charge in [-0.05, 0) is 58.8 Å². The average Bonchev–Trinajstić information content (AvgIpc) is 3.10. The molecule has 1 saturated heterocycles. The van der Waals surface area contributed by atoms with Gasteiger partial charge in [0.1, 0.15) is 4.60 Å². The second-order valence-corrected chi connectivity index (χ2v) is 7.52. The SMILES string of the molecule is O=C(C1CCCS1)N(CCc1ccccn1)c1ccnc(Br)c1. The summed E-state index contributed by atoms with van der Waals surface area (Å²) in [6, 6.07) is 9.66. The van der Waals surface area contributed by atoms with E-state index in [-0.39, 0.29) is 11.2 Å². The van der Waals surface area contributed by atoms with Gasteiger partial charge in [0, 0.05) is 36.7 Å². The molecule has 0 N–H and O–H groups in total. The van der Waals surface area contributed by atoms with Crippen molar-refractivity contribution in [3.63, 3.8) is 0 Å². The molecule has 2 aromatic heterocycles. The number of rotatable bonds is 5. The van der Waals surface area contributed by atoms with Crippen molar-refractivity contribution in [2.75, 3.05) is 17.2 Å². The third kappa shape index (κ3) is 4.32. The van der Waals surface area contributed by atoms with E-state index in [4.69, 9.17) is 0 Å². The smallest absolute Gasteiger partial charge is 0.240 e. The first-order valence-electron chi connectivity index (χ1n) is 7.68. The maximum Gasteiger partial charge on any atom is 0.240 e. The van der Waals surface area contributed by atoms with Crippen LogP contribution in [0.4, 0.5) is 5.69 Å². The first-order chi connectivity index (χ1) is 11.2. The van der Waals surface area contributed by atoms with Crippen molar-refractivity contribution < 1.29 is 4.79 Å². The van der Waals surface area contributed by atoms with Crippen molar-refractivity contribution in [1.82, 2.24) is 9.97 Å². The minimum atomic E-state index is 0.0747. The lowest BCUT2D eigenvalue weighted by molar-refractivity contribution is -0.118. The fourth-order valence-electron chi connectivity index (χ4n) is 2.65. The van der Waals surface area contributed by atoms with Crippen LogP contribution in [0, 0.1) is 0 Å². The standard InChI is InChI=1S/C17H18BrN3OS/c18-16-12-14(6-9-20-16)21(17(22)15-5-3-11-23-15)10-7-13-4-1-2-8-19-13/h1-2,4,6,8-9,12,15H,3,5,7,10-11H2. The third-order valence-electron chi connectivity index (χ3n) is 3.81. The predicted octanol–water partition coefficient (Wildman–Crippen LogP) is 3.71. The van der Waals surface area contributed by atoms with E-state index < -0.39 is 0 Å². The van der Waals surface area contributed by atoms with E-state index in [1.165, 1.54) is 0 Å². The van der Waals surface area contributed by atoms with E-state index in [2.05, 4.69) is 25.9 Å². The molecule has 6 heteroatoms. The van der Waals surface area contributed by atoms with Crippen LogP contribution >= 0.6 is 27.7 Å². The molecule has 0 spiro atoms. The molecule has 0 radical (unpaired) electrons. The van der Waals surface area contributed by atoms with Gasteiger partial charge >= 0.3 is 0 Å². The first-order valence-corrected chi connectivity index (χ1v) is 9.52. The number of amides is 1. The Kier molecular flexibility index (Phi) is 5.67. The van der Waals surface area contributed by atoms with Crippen LogP contribution in [-0.4, -0.2) is 33.4 Å². The second-order valence-electron chi connectivity index (χ2n) is 5.40. The number of thioether (sulfide) groups is 1. The third-order valence-corrected chi connectivity index (χ3v) is 5.61. The van der Waals surface area contributed by atoms with Gasteiger partial charge < -0.3 is 4.90 Å². The highest BCUT2D eigenvalue weighted by Gasteiger charge is 2.28. The van der Waals surface area contributed by atoms with E-state index in [0.717, 1.165) is 41.0 Å². The average molecular weight is 392 g/mol. The number of anilines is 1. The van der Waals surface area contributed by atoms with Crippen molar-refractivity contribution in [2.24, 2.45) is 0 Å². The van der Waals surface area contributed by atoms with Gasteiger partial charge in [0.15, 0.2) is 0 Å². The minimum absolute atomic E-state index is 0.0747. The Morgan fingerprint density at radius 2 is 2.22 bits per heavy atom. The molecular weight excluding hydrogens is 374 g/mol. The summed E-state index contributed by atoms with van der Waals surface area (Å²) in [5.41, 5.74) is 1.89. The van der Waals surface area contributed by atoms with Crippen molar-refractivity contribution in [3.8, 4) is 0 Å². The molecule has 0 bridgehead atoms. The molecule has 1 unspecified atom stereocenters. The largest absolute Gasteiger partial charge is 0.311 e. The van der Waals surface area contributed by atoms with Gasteiger partial charge in [-0.2, -0.15) is 0 Å². The Hall–Kier alpha value is -1.40. The molecule has 4 nitrogen and oxygen atoms in total. The predicted molar refractivity (Wildman–Crippen MR) is 97.7 cm³/mol. The highest BCUT2D eigenvalue weighted by Crippen LogP contribution is 2.30. The molecule has 0 aromatic carbocycles. The zero-order valence-corrected chi connectivity index (χ0v) is 15.1. The Morgan fingerprint density at radius 3 is 2.91 bits per heavy atom. The lowest BCUT2D eigenvalue weighted by atomic mass is 10.2. The van der Waals surface area contributed by atoms with E-state index >= 15 is 0 Å². The molecule has 1 aliphatic rings. The summed E-state index contributed by atoms with van der Waals surface area (Å²) in [5, 5.41) is 0.0747. The molecule has 2 aromatic rings. The quantitative estimate of drug-likeness (QED) is 0.728. The zero-order valence-electron chi connectivity index (χ0n) is 12.7. The van der Waals surface area contributed by atoms with Gasteiger partial charge in [-0.25, -0.2) is 4.98 Å². The number of nitrogens with zero attached hydrogens (tertiary/aromatic N) is 3. The van der Waals surface area contributed by atoms with E-state index in [1.807, 2.05) is 35.2 Å². The molecule has 120 valence electrons. The molecule has 1 atom stereocenters. The summed E-state index contributed by atoms with van der Waals surface area (Å²) >= 11 is 5.16. The number of halogens is 1. The second kappa shape index (κ2) is 7.93. The normalized spacial score (nSPS) is 17.2. The van der Waals surface area contributed by atoms with Crippen LogP contribution in [0.5, 0.6) is 0 Å². The summed E-state index contributed by atoms with van der Waals surface area (Å²) in [4.78, 5) is 23.3. The Morgan fingerprint density at radius 1 is 1.30 bits per heavy atom. The summed E-state index contributed by atoms with van der Waals surface area (Å²) < 4.78 is 0.740. The fourth-order valence-corrected chi connectivity index (χ4v) is 4.22. The molecule has 0 aliphatic carbocycles. The first kappa shape index (κ1) is 16.5. The summed E-state index contributed by atoms with van der Waals surface area (Å²) in [6.07, 6.45) is 6.34. The maximum absolute atomic E-state index is 12.9. The monoisotopic (exact) mass is 391 g/mol. The van der Waals surface area contributed by atoms with E-state index in [9.17, 15) is 4.79 Å². The van der Waals surface area contributed by atoms with Crippen molar-refractivity contribution in [1.29, 1.82) is 0 Å². The number of aromatic nitrogens is 2. The van der Waals surface area contributed by atoms with E-state index in [1.54, 1.807) is 24.2 Å². The van der Waals surface area contributed by atoms with Gasteiger partial charge in [0.2, 0.25) is 5.91 Å². The lowest BCUT2D eigenvalue weighted by Gasteiger charge is -2.25.